The predicted octanol–water partition coefficient (Wildman–Crippen LogP) is 6.18. The zero-order valence-electron chi connectivity index (χ0n) is 21.1. The number of aryl methyl sites for hydroxylation is 1. The number of hydrogen-bond donors (Lipinski definition) is 1. The van der Waals surface area contributed by atoms with Gasteiger partial charge < -0.3 is 14.8 Å². The van der Waals surface area contributed by atoms with E-state index in [1.54, 1.807) is 11.0 Å². The Morgan fingerprint density at radius 1 is 0.974 bits per heavy atom. The van der Waals surface area contributed by atoms with Crippen LogP contribution in [0.4, 0.5) is 9.18 Å². The summed E-state index contributed by atoms with van der Waals surface area (Å²) in [5.74, 6) is 0.560. The molecule has 2 amide bonds. The van der Waals surface area contributed by atoms with Gasteiger partial charge in [-0.05, 0) is 53.9 Å². The molecule has 6 rings (SSSR count). The van der Waals surface area contributed by atoms with Crippen LogP contribution in [0.2, 0.25) is 0 Å². The molecule has 0 fully saturated rings. The van der Waals surface area contributed by atoms with Crippen molar-refractivity contribution < 1.29 is 9.18 Å². The first-order chi connectivity index (χ1) is 18.6. The lowest BCUT2D eigenvalue weighted by Gasteiger charge is -2.31. The second-order valence-electron chi connectivity index (χ2n) is 9.38. The van der Waals surface area contributed by atoms with Gasteiger partial charge in [0, 0.05) is 18.3 Å². The Balaban J connectivity index is 1.51. The van der Waals surface area contributed by atoms with Crippen molar-refractivity contribution in [3.63, 3.8) is 0 Å². The van der Waals surface area contributed by atoms with Crippen molar-refractivity contribution in [3.8, 4) is 11.5 Å². The predicted molar refractivity (Wildman–Crippen MR) is 145 cm³/mol. The summed E-state index contributed by atoms with van der Waals surface area (Å²) in [6.45, 7) is 2.79. The van der Waals surface area contributed by atoms with E-state index in [1.165, 1.54) is 12.1 Å². The number of nitrogens with one attached hydrogen (secondary N) is 1. The second kappa shape index (κ2) is 10.0. The zero-order valence-corrected chi connectivity index (χ0v) is 21.1. The molecule has 0 saturated heterocycles. The molecule has 38 heavy (non-hydrogen) atoms. The van der Waals surface area contributed by atoms with E-state index in [9.17, 15) is 9.18 Å². The Morgan fingerprint density at radius 2 is 1.74 bits per heavy atom. The van der Waals surface area contributed by atoms with E-state index in [1.807, 2.05) is 89.7 Å². The van der Waals surface area contributed by atoms with E-state index < -0.39 is 6.04 Å². The minimum absolute atomic E-state index is 0.224. The quantitative estimate of drug-likeness (QED) is 0.310. The molecule has 0 spiro atoms. The normalized spacial score (nSPS) is 14.5. The molecule has 0 radical (unpaired) electrons. The number of fused-ring (bicyclic) bond motifs is 3. The van der Waals surface area contributed by atoms with E-state index in [0.29, 0.717) is 25.1 Å². The molecular formula is C31H28FN5O. The molecule has 1 aliphatic rings. The van der Waals surface area contributed by atoms with Crippen LogP contribution in [0.1, 0.15) is 41.0 Å². The number of carbonyl (C=O) groups excluding carboxylic acids is 1. The SMILES string of the molecule is CCc1nn(-c2ccccc2)c2c1CN(C(=O)NCc1ccccc1)[C@H](c1cccc(F)c1)c1cccn1-2. The van der Waals surface area contributed by atoms with Gasteiger partial charge in [0.1, 0.15) is 11.6 Å². The minimum Gasteiger partial charge on any atom is -0.334 e. The van der Waals surface area contributed by atoms with Crippen molar-refractivity contribution in [2.45, 2.75) is 32.5 Å². The monoisotopic (exact) mass is 505 g/mol. The molecule has 190 valence electrons. The van der Waals surface area contributed by atoms with E-state index in [4.69, 9.17) is 5.10 Å². The maximum Gasteiger partial charge on any atom is 0.318 e. The van der Waals surface area contributed by atoms with Gasteiger partial charge in [0.2, 0.25) is 0 Å². The average molecular weight is 506 g/mol. The molecule has 3 aromatic carbocycles. The van der Waals surface area contributed by atoms with Gasteiger partial charge in [-0.1, -0.05) is 67.6 Å². The van der Waals surface area contributed by atoms with Gasteiger partial charge in [-0.3, -0.25) is 0 Å². The van der Waals surface area contributed by atoms with Gasteiger partial charge in [0.25, 0.3) is 0 Å². The number of rotatable bonds is 5. The fourth-order valence-electron chi connectivity index (χ4n) is 5.25. The molecule has 1 atom stereocenters. The van der Waals surface area contributed by atoms with Crippen LogP contribution < -0.4 is 5.32 Å². The molecule has 1 N–H and O–H groups in total. The number of aromatic nitrogens is 3. The van der Waals surface area contributed by atoms with Gasteiger partial charge >= 0.3 is 6.03 Å². The summed E-state index contributed by atoms with van der Waals surface area (Å²) in [5.41, 5.74) is 5.42. The van der Waals surface area contributed by atoms with Crippen LogP contribution in [-0.2, 0) is 19.5 Å². The largest absolute Gasteiger partial charge is 0.334 e. The molecule has 3 heterocycles. The van der Waals surface area contributed by atoms with E-state index >= 15 is 0 Å². The Kier molecular flexibility index (Phi) is 6.25. The first kappa shape index (κ1) is 23.7. The smallest absolute Gasteiger partial charge is 0.318 e. The Labute approximate surface area is 221 Å². The molecule has 5 aromatic rings. The summed E-state index contributed by atoms with van der Waals surface area (Å²) in [4.78, 5) is 15.7. The molecule has 7 heteroatoms. The number of halogens is 1. The Bertz CT molecular complexity index is 1570. The third kappa shape index (κ3) is 4.26. The molecule has 0 unspecified atom stereocenters. The molecule has 0 bridgehead atoms. The van der Waals surface area contributed by atoms with E-state index in [0.717, 1.165) is 34.0 Å². The first-order valence-electron chi connectivity index (χ1n) is 12.8. The first-order valence-corrected chi connectivity index (χ1v) is 12.8. The van der Waals surface area contributed by atoms with Crippen LogP contribution in [-0.4, -0.2) is 25.3 Å². The second-order valence-corrected chi connectivity index (χ2v) is 9.38. The lowest BCUT2D eigenvalue weighted by atomic mass is 10.0. The standard InChI is InChI=1S/C31H28FN5O/c1-2-27-26-21-36(31(38)33-20-22-11-5-3-6-12-22)29(23-13-9-14-24(32)19-23)28-17-10-18-35(28)30(26)37(34-27)25-15-7-4-8-16-25/h3-19,29H,2,20-21H2,1H3,(H,33,38)/t29-/m1/s1. The number of para-hydroxylation sites is 1. The van der Waals surface area contributed by atoms with Crippen molar-refractivity contribution in [2.75, 3.05) is 0 Å². The number of amides is 2. The summed E-state index contributed by atoms with van der Waals surface area (Å²) in [5, 5.41) is 8.07. The third-order valence-corrected chi connectivity index (χ3v) is 7.02. The average Bonchev–Trinajstić information content (AvgIpc) is 3.54. The van der Waals surface area contributed by atoms with Crippen molar-refractivity contribution in [2.24, 2.45) is 0 Å². The highest BCUT2D eigenvalue weighted by molar-refractivity contribution is 5.76. The molecule has 0 saturated carbocycles. The van der Waals surface area contributed by atoms with Crippen LogP contribution in [0.5, 0.6) is 0 Å². The number of urea groups is 1. The summed E-state index contributed by atoms with van der Waals surface area (Å²) >= 11 is 0. The van der Waals surface area contributed by atoms with Gasteiger partial charge in [-0.2, -0.15) is 5.10 Å². The van der Waals surface area contributed by atoms with Gasteiger partial charge in [-0.25, -0.2) is 13.9 Å². The Morgan fingerprint density at radius 3 is 2.47 bits per heavy atom. The summed E-state index contributed by atoms with van der Waals surface area (Å²) in [6.07, 6.45) is 2.70. The molecule has 6 nitrogen and oxygen atoms in total. The number of benzene rings is 3. The summed E-state index contributed by atoms with van der Waals surface area (Å²) in [7, 11) is 0. The fourth-order valence-corrected chi connectivity index (χ4v) is 5.25. The van der Waals surface area contributed by atoms with Crippen LogP contribution in [0.15, 0.2) is 103 Å². The lowest BCUT2D eigenvalue weighted by Crippen LogP contribution is -2.41. The van der Waals surface area contributed by atoms with Crippen molar-refractivity contribution in [3.05, 3.63) is 137 Å². The third-order valence-electron chi connectivity index (χ3n) is 7.02. The highest BCUT2D eigenvalue weighted by Gasteiger charge is 2.36. The number of carbonyl (C=O) groups is 1. The van der Waals surface area contributed by atoms with E-state index in [2.05, 4.69) is 16.8 Å². The maximum absolute atomic E-state index is 14.5. The van der Waals surface area contributed by atoms with Crippen molar-refractivity contribution in [1.82, 2.24) is 24.6 Å². The van der Waals surface area contributed by atoms with Gasteiger partial charge in [-0.15, -0.1) is 0 Å². The zero-order chi connectivity index (χ0) is 26.1. The van der Waals surface area contributed by atoms with Gasteiger partial charge in [0.05, 0.1) is 29.7 Å². The molecular weight excluding hydrogens is 477 g/mol. The lowest BCUT2D eigenvalue weighted by molar-refractivity contribution is 0.180. The molecule has 2 aromatic heterocycles. The minimum atomic E-state index is -0.502. The molecule has 1 aliphatic heterocycles. The van der Waals surface area contributed by atoms with Crippen molar-refractivity contribution >= 4 is 6.03 Å². The summed E-state index contributed by atoms with van der Waals surface area (Å²) in [6, 6.07) is 29.6. The fraction of sp³-hybridized carbons (Fsp3) is 0.161. The molecule has 0 aliphatic carbocycles. The van der Waals surface area contributed by atoms with E-state index in [-0.39, 0.29) is 11.8 Å². The van der Waals surface area contributed by atoms with Crippen LogP contribution in [0.3, 0.4) is 0 Å². The topological polar surface area (TPSA) is 55.1 Å². The van der Waals surface area contributed by atoms with Crippen LogP contribution >= 0.6 is 0 Å². The highest BCUT2D eigenvalue weighted by atomic mass is 19.1. The van der Waals surface area contributed by atoms with Crippen LogP contribution in [0, 0.1) is 5.82 Å². The van der Waals surface area contributed by atoms with Gasteiger partial charge in [0.15, 0.2) is 0 Å². The highest BCUT2D eigenvalue weighted by Crippen LogP contribution is 2.38. The Hall–Kier alpha value is -4.65. The number of nitrogens with zero attached hydrogens (tertiary/aromatic N) is 4. The number of hydrogen-bond acceptors (Lipinski definition) is 2. The summed E-state index contributed by atoms with van der Waals surface area (Å²) < 4.78 is 18.5. The van der Waals surface area contributed by atoms with Crippen LogP contribution in [0.25, 0.3) is 11.5 Å². The van der Waals surface area contributed by atoms with Crippen molar-refractivity contribution in [1.29, 1.82) is 0 Å². The maximum atomic E-state index is 14.5.